The van der Waals surface area contributed by atoms with Crippen molar-refractivity contribution in [1.29, 1.82) is 0 Å². The average Bonchev–Trinajstić information content (AvgIpc) is 3.23. The summed E-state index contributed by atoms with van der Waals surface area (Å²) in [5, 5.41) is 8.36. The fourth-order valence-corrected chi connectivity index (χ4v) is 3.23. The number of hydrogen-bond donors (Lipinski definition) is 0. The van der Waals surface area contributed by atoms with Crippen LogP contribution >= 0.6 is 0 Å². The maximum atomic E-state index is 12.8. The second kappa shape index (κ2) is 6.01. The van der Waals surface area contributed by atoms with Crippen LogP contribution in [0, 0.1) is 0 Å². The standard InChI is InChI=1S/C18H17N5O2/c1-13-11-14-5-2-3-6-15(14)23(13)18(25)12-22-17(24)8-7-16(20-22)21-10-4-9-19-21/h2-10,13H,11-12H2,1H3. The number of amides is 1. The Morgan fingerprint density at radius 3 is 2.84 bits per heavy atom. The molecule has 1 aromatic carbocycles. The SMILES string of the molecule is CC1Cc2ccccc2N1C(=O)Cn1nc(-n2cccn2)ccc1=O. The fraction of sp³-hybridized carbons (Fsp3) is 0.222. The van der Waals surface area contributed by atoms with Crippen molar-refractivity contribution in [3.05, 3.63) is 70.8 Å². The van der Waals surface area contributed by atoms with Crippen molar-refractivity contribution in [3.8, 4) is 5.82 Å². The first-order valence-corrected chi connectivity index (χ1v) is 8.11. The second-order valence-electron chi connectivity index (χ2n) is 6.08. The largest absolute Gasteiger partial charge is 0.307 e. The van der Waals surface area contributed by atoms with Crippen LogP contribution in [0.4, 0.5) is 5.69 Å². The Kier molecular flexibility index (Phi) is 3.68. The summed E-state index contributed by atoms with van der Waals surface area (Å²) < 4.78 is 2.74. The number of anilines is 1. The minimum atomic E-state index is -0.315. The van der Waals surface area contributed by atoms with Crippen LogP contribution in [0.25, 0.3) is 5.82 Å². The van der Waals surface area contributed by atoms with E-state index in [4.69, 9.17) is 0 Å². The van der Waals surface area contributed by atoms with Crippen LogP contribution in [0.15, 0.2) is 59.7 Å². The Morgan fingerprint density at radius 2 is 2.04 bits per heavy atom. The van der Waals surface area contributed by atoms with Gasteiger partial charge in [0.2, 0.25) is 5.91 Å². The zero-order valence-electron chi connectivity index (χ0n) is 13.7. The van der Waals surface area contributed by atoms with Crippen LogP contribution < -0.4 is 10.5 Å². The molecule has 0 aliphatic carbocycles. The van der Waals surface area contributed by atoms with E-state index in [0.29, 0.717) is 5.82 Å². The number of nitrogens with zero attached hydrogens (tertiary/aromatic N) is 5. The molecule has 25 heavy (non-hydrogen) atoms. The normalized spacial score (nSPS) is 16.0. The zero-order valence-corrected chi connectivity index (χ0v) is 13.7. The fourth-order valence-electron chi connectivity index (χ4n) is 3.23. The Morgan fingerprint density at radius 1 is 1.20 bits per heavy atom. The highest BCUT2D eigenvalue weighted by atomic mass is 16.2. The third-order valence-electron chi connectivity index (χ3n) is 4.35. The number of carbonyl (C=O) groups excluding carboxylic acids is 1. The van der Waals surface area contributed by atoms with Crippen LogP contribution in [0.1, 0.15) is 12.5 Å². The lowest BCUT2D eigenvalue weighted by Gasteiger charge is -2.22. The van der Waals surface area contributed by atoms with Gasteiger partial charge in [0.15, 0.2) is 5.82 Å². The summed E-state index contributed by atoms with van der Waals surface area (Å²) in [7, 11) is 0. The minimum Gasteiger partial charge on any atom is -0.307 e. The lowest BCUT2D eigenvalue weighted by atomic mass is 10.1. The number of para-hydroxylation sites is 1. The van der Waals surface area contributed by atoms with Gasteiger partial charge >= 0.3 is 0 Å². The van der Waals surface area contributed by atoms with Crippen molar-refractivity contribution in [2.45, 2.75) is 25.9 Å². The van der Waals surface area contributed by atoms with Gasteiger partial charge < -0.3 is 4.90 Å². The molecule has 4 rings (SSSR count). The van der Waals surface area contributed by atoms with E-state index in [-0.39, 0.29) is 24.1 Å². The molecule has 1 aliphatic heterocycles. The predicted molar refractivity (Wildman–Crippen MR) is 92.7 cm³/mol. The van der Waals surface area contributed by atoms with Gasteiger partial charge in [0, 0.05) is 30.2 Å². The lowest BCUT2D eigenvalue weighted by Crippen LogP contribution is -2.40. The minimum absolute atomic E-state index is 0.0647. The van der Waals surface area contributed by atoms with Gasteiger partial charge in [0.25, 0.3) is 5.56 Å². The van der Waals surface area contributed by atoms with Crippen LogP contribution in [-0.4, -0.2) is 31.5 Å². The maximum Gasteiger partial charge on any atom is 0.267 e. The summed E-state index contributed by atoms with van der Waals surface area (Å²) in [6.07, 6.45) is 4.18. The first-order chi connectivity index (χ1) is 12.1. The van der Waals surface area contributed by atoms with Gasteiger partial charge in [0.05, 0.1) is 0 Å². The number of rotatable bonds is 3. The lowest BCUT2D eigenvalue weighted by molar-refractivity contribution is -0.119. The van der Waals surface area contributed by atoms with Crippen molar-refractivity contribution in [2.24, 2.45) is 0 Å². The van der Waals surface area contributed by atoms with Crippen molar-refractivity contribution in [2.75, 3.05) is 4.90 Å². The van der Waals surface area contributed by atoms with Gasteiger partial charge in [-0.15, -0.1) is 5.10 Å². The van der Waals surface area contributed by atoms with E-state index in [9.17, 15) is 9.59 Å². The van der Waals surface area contributed by atoms with E-state index in [2.05, 4.69) is 10.2 Å². The third kappa shape index (κ3) is 2.73. The van der Waals surface area contributed by atoms with Crippen molar-refractivity contribution >= 4 is 11.6 Å². The van der Waals surface area contributed by atoms with Crippen LogP contribution in [-0.2, 0) is 17.8 Å². The summed E-state index contributed by atoms with van der Waals surface area (Å²) in [6.45, 7) is 1.90. The summed E-state index contributed by atoms with van der Waals surface area (Å²) in [6, 6.07) is 12.7. The Balaban J connectivity index is 1.63. The molecule has 0 spiro atoms. The number of aromatic nitrogens is 4. The summed E-state index contributed by atoms with van der Waals surface area (Å²) in [5.74, 6) is 0.344. The summed E-state index contributed by atoms with van der Waals surface area (Å²) in [5.41, 5.74) is 1.75. The van der Waals surface area contributed by atoms with E-state index in [0.717, 1.165) is 17.7 Å². The molecule has 3 heterocycles. The molecule has 1 atom stereocenters. The number of carbonyl (C=O) groups is 1. The van der Waals surface area contributed by atoms with Crippen molar-refractivity contribution in [1.82, 2.24) is 19.6 Å². The van der Waals surface area contributed by atoms with Crippen molar-refractivity contribution in [3.63, 3.8) is 0 Å². The van der Waals surface area contributed by atoms with E-state index >= 15 is 0 Å². The Labute approximate surface area is 144 Å². The molecular weight excluding hydrogens is 318 g/mol. The molecule has 0 bridgehead atoms. The van der Waals surface area contributed by atoms with Gasteiger partial charge in [-0.25, -0.2) is 9.36 Å². The monoisotopic (exact) mass is 335 g/mol. The predicted octanol–water partition coefficient (Wildman–Crippen LogP) is 1.41. The molecule has 0 fully saturated rings. The molecule has 1 amide bonds. The summed E-state index contributed by atoms with van der Waals surface area (Å²) >= 11 is 0. The Bertz CT molecular complexity index is 977. The molecule has 0 saturated carbocycles. The Hall–Kier alpha value is -3.22. The molecule has 126 valence electrons. The highest BCUT2D eigenvalue weighted by Gasteiger charge is 2.30. The summed E-state index contributed by atoms with van der Waals surface area (Å²) in [4.78, 5) is 26.7. The van der Waals surface area contributed by atoms with Gasteiger partial charge in [-0.05, 0) is 37.1 Å². The number of hydrogen-bond acceptors (Lipinski definition) is 4. The van der Waals surface area contributed by atoms with E-state index in [1.165, 1.54) is 10.7 Å². The smallest absolute Gasteiger partial charge is 0.267 e. The van der Waals surface area contributed by atoms with Gasteiger partial charge in [-0.3, -0.25) is 9.59 Å². The van der Waals surface area contributed by atoms with Gasteiger partial charge in [-0.2, -0.15) is 5.10 Å². The average molecular weight is 335 g/mol. The van der Waals surface area contributed by atoms with E-state index in [1.807, 2.05) is 31.2 Å². The quantitative estimate of drug-likeness (QED) is 0.725. The second-order valence-corrected chi connectivity index (χ2v) is 6.08. The molecule has 0 N–H and O–H groups in total. The van der Waals surface area contributed by atoms with Gasteiger partial charge in [0.1, 0.15) is 6.54 Å². The van der Waals surface area contributed by atoms with Gasteiger partial charge in [-0.1, -0.05) is 18.2 Å². The zero-order chi connectivity index (χ0) is 17.4. The third-order valence-corrected chi connectivity index (χ3v) is 4.35. The first kappa shape index (κ1) is 15.3. The molecule has 0 saturated heterocycles. The molecule has 1 unspecified atom stereocenters. The highest BCUT2D eigenvalue weighted by molar-refractivity contribution is 5.96. The van der Waals surface area contributed by atoms with Crippen LogP contribution in [0.3, 0.4) is 0 Å². The van der Waals surface area contributed by atoms with Crippen LogP contribution in [0.2, 0.25) is 0 Å². The molecule has 7 heteroatoms. The van der Waals surface area contributed by atoms with E-state index < -0.39 is 0 Å². The molecule has 1 aliphatic rings. The molecule has 3 aromatic rings. The van der Waals surface area contributed by atoms with Crippen molar-refractivity contribution < 1.29 is 4.79 Å². The highest BCUT2D eigenvalue weighted by Crippen LogP contribution is 2.31. The molecule has 7 nitrogen and oxygen atoms in total. The molecule has 2 aromatic heterocycles. The molecular formula is C18H17N5O2. The number of benzene rings is 1. The van der Waals surface area contributed by atoms with Crippen LogP contribution in [0.5, 0.6) is 0 Å². The topological polar surface area (TPSA) is 73.0 Å². The first-order valence-electron chi connectivity index (χ1n) is 8.11. The molecule has 0 radical (unpaired) electrons. The van der Waals surface area contributed by atoms with E-state index in [1.54, 1.807) is 34.1 Å². The maximum absolute atomic E-state index is 12.8. The number of fused-ring (bicyclic) bond motifs is 1.